The molecular formula is C23H22N4O3S. The van der Waals surface area contributed by atoms with Crippen molar-refractivity contribution in [1.29, 1.82) is 0 Å². The van der Waals surface area contributed by atoms with Crippen LogP contribution in [0.5, 0.6) is 0 Å². The molecule has 0 saturated carbocycles. The normalized spacial score (nSPS) is 11.7. The van der Waals surface area contributed by atoms with E-state index in [0.717, 1.165) is 21.1 Å². The standard InChI is InChI=1S/C23H22N4O3S/c1-16-8-7-15-27-21(16)24-20(17-9-5-4-6-10-17)22(27)25-23(28)18-11-13-19(14-12-18)31(29,30)26(2)3/h4-15H,1-3H3,(H,25,28). The molecule has 0 spiro atoms. The monoisotopic (exact) mass is 434 g/mol. The smallest absolute Gasteiger partial charge is 0.256 e. The summed E-state index contributed by atoms with van der Waals surface area (Å²) in [5.41, 5.74) is 3.63. The van der Waals surface area contributed by atoms with E-state index in [1.807, 2.05) is 60.0 Å². The number of rotatable bonds is 5. The van der Waals surface area contributed by atoms with Gasteiger partial charge in [0.1, 0.15) is 17.2 Å². The molecule has 0 fully saturated rings. The number of amides is 1. The van der Waals surface area contributed by atoms with Gasteiger partial charge in [0, 0.05) is 31.4 Å². The maximum atomic E-state index is 13.0. The predicted octanol–water partition coefficient (Wildman–Crippen LogP) is 3.81. The van der Waals surface area contributed by atoms with Crippen molar-refractivity contribution in [1.82, 2.24) is 13.7 Å². The zero-order valence-electron chi connectivity index (χ0n) is 17.4. The third-order valence-electron chi connectivity index (χ3n) is 5.02. The van der Waals surface area contributed by atoms with E-state index in [1.54, 1.807) is 0 Å². The number of carbonyl (C=O) groups is 1. The fourth-order valence-electron chi connectivity index (χ4n) is 3.29. The first-order valence-electron chi connectivity index (χ1n) is 9.66. The molecular weight excluding hydrogens is 412 g/mol. The minimum Gasteiger partial charge on any atom is -0.306 e. The summed E-state index contributed by atoms with van der Waals surface area (Å²) < 4.78 is 27.5. The molecule has 31 heavy (non-hydrogen) atoms. The number of sulfonamides is 1. The average Bonchev–Trinajstić information content (AvgIpc) is 3.14. The van der Waals surface area contributed by atoms with Crippen molar-refractivity contribution in [2.45, 2.75) is 11.8 Å². The lowest BCUT2D eigenvalue weighted by Gasteiger charge is -2.12. The molecule has 7 nitrogen and oxygen atoms in total. The van der Waals surface area contributed by atoms with Gasteiger partial charge in [-0.1, -0.05) is 36.4 Å². The van der Waals surface area contributed by atoms with E-state index >= 15 is 0 Å². The zero-order valence-corrected chi connectivity index (χ0v) is 18.2. The molecule has 0 radical (unpaired) electrons. The summed E-state index contributed by atoms with van der Waals surface area (Å²) in [7, 11) is -0.626. The fourth-order valence-corrected chi connectivity index (χ4v) is 4.19. The molecule has 4 rings (SSSR count). The molecule has 2 aromatic heterocycles. The molecule has 2 heterocycles. The molecule has 0 bridgehead atoms. The molecule has 0 saturated heterocycles. The van der Waals surface area contributed by atoms with Crippen LogP contribution >= 0.6 is 0 Å². The van der Waals surface area contributed by atoms with Gasteiger partial charge in [0.25, 0.3) is 5.91 Å². The highest BCUT2D eigenvalue weighted by molar-refractivity contribution is 7.89. The van der Waals surface area contributed by atoms with Crippen LogP contribution < -0.4 is 5.32 Å². The molecule has 4 aromatic rings. The third-order valence-corrected chi connectivity index (χ3v) is 6.85. The van der Waals surface area contributed by atoms with Crippen molar-refractivity contribution in [3.63, 3.8) is 0 Å². The number of benzene rings is 2. The Balaban J connectivity index is 1.73. The summed E-state index contributed by atoms with van der Waals surface area (Å²) >= 11 is 0. The lowest BCUT2D eigenvalue weighted by atomic mass is 10.1. The Bertz CT molecular complexity index is 1360. The second kappa shape index (κ2) is 7.98. The Morgan fingerprint density at radius 1 is 0.968 bits per heavy atom. The molecule has 158 valence electrons. The molecule has 0 aliphatic heterocycles. The van der Waals surface area contributed by atoms with Crippen LogP contribution in [0.2, 0.25) is 0 Å². The largest absolute Gasteiger partial charge is 0.306 e. The first kappa shape index (κ1) is 20.8. The van der Waals surface area contributed by atoms with Crippen LogP contribution in [0.4, 0.5) is 5.82 Å². The highest BCUT2D eigenvalue weighted by Gasteiger charge is 2.20. The van der Waals surface area contributed by atoms with Crippen molar-refractivity contribution in [2.75, 3.05) is 19.4 Å². The van der Waals surface area contributed by atoms with Crippen LogP contribution in [0, 0.1) is 6.92 Å². The average molecular weight is 435 g/mol. The number of hydrogen-bond donors (Lipinski definition) is 1. The van der Waals surface area contributed by atoms with Crippen molar-refractivity contribution in [2.24, 2.45) is 0 Å². The molecule has 0 aliphatic carbocycles. The Hall–Kier alpha value is -3.49. The van der Waals surface area contributed by atoms with Gasteiger partial charge >= 0.3 is 0 Å². The van der Waals surface area contributed by atoms with Crippen LogP contribution in [-0.4, -0.2) is 42.1 Å². The van der Waals surface area contributed by atoms with Gasteiger partial charge in [0.2, 0.25) is 10.0 Å². The number of imidazole rings is 1. The summed E-state index contributed by atoms with van der Waals surface area (Å²) in [6.45, 7) is 1.96. The molecule has 0 aliphatic rings. The summed E-state index contributed by atoms with van der Waals surface area (Å²) in [5.74, 6) is 0.203. The molecule has 0 unspecified atom stereocenters. The Morgan fingerprint density at radius 2 is 1.65 bits per heavy atom. The minimum absolute atomic E-state index is 0.129. The molecule has 2 aromatic carbocycles. The van der Waals surface area contributed by atoms with E-state index in [4.69, 9.17) is 4.98 Å². The summed E-state index contributed by atoms with van der Waals surface area (Å²) in [6.07, 6.45) is 1.85. The Morgan fingerprint density at radius 3 is 2.29 bits per heavy atom. The van der Waals surface area contributed by atoms with Crippen molar-refractivity contribution < 1.29 is 13.2 Å². The number of fused-ring (bicyclic) bond motifs is 1. The molecule has 1 N–H and O–H groups in total. The summed E-state index contributed by atoms with van der Waals surface area (Å²) in [5, 5.41) is 2.96. The highest BCUT2D eigenvalue weighted by Crippen LogP contribution is 2.30. The predicted molar refractivity (Wildman–Crippen MR) is 121 cm³/mol. The number of hydrogen-bond acceptors (Lipinski definition) is 4. The molecule has 8 heteroatoms. The fraction of sp³-hybridized carbons (Fsp3) is 0.130. The van der Waals surface area contributed by atoms with E-state index in [2.05, 4.69) is 5.32 Å². The van der Waals surface area contributed by atoms with E-state index in [-0.39, 0.29) is 10.8 Å². The first-order chi connectivity index (χ1) is 14.8. The van der Waals surface area contributed by atoms with Gasteiger partial charge in [-0.25, -0.2) is 17.7 Å². The van der Waals surface area contributed by atoms with Crippen LogP contribution in [0.15, 0.2) is 77.8 Å². The van der Waals surface area contributed by atoms with Gasteiger partial charge in [0.05, 0.1) is 4.90 Å². The lowest BCUT2D eigenvalue weighted by molar-refractivity contribution is 0.102. The van der Waals surface area contributed by atoms with E-state index in [0.29, 0.717) is 17.1 Å². The van der Waals surface area contributed by atoms with E-state index in [1.165, 1.54) is 38.4 Å². The number of aryl methyl sites for hydroxylation is 1. The van der Waals surface area contributed by atoms with Crippen molar-refractivity contribution >= 4 is 27.4 Å². The Labute approximate surface area is 181 Å². The van der Waals surface area contributed by atoms with Gasteiger partial charge in [-0.15, -0.1) is 0 Å². The van der Waals surface area contributed by atoms with E-state index in [9.17, 15) is 13.2 Å². The lowest BCUT2D eigenvalue weighted by Crippen LogP contribution is -2.22. The summed E-state index contributed by atoms with van der Waals surface area (Å²) in [4.78, 5) is 17.9. The van der Waals surface area contributed by atoms with Crippen molar-refractivity contribution in [3.05, 3.63) is 84.1 Å². The first-order valence-corrected chi connectivity index (χ1v) is 11.1. The Kier molecular flexibility index (Phi) is 5.34. The topological polar surface area (TPSA) is 83.8 Å². The van der Waals surface area contributed by atoms with Crippen LogP contribution in [0.1, 0.15) is 15.9 Å². The number of anilines is 1. The number of aromatic nitrogens is 2. The maximum absolute atomic E-state index is 13.0. The van der Waals surface area contributed by atoms with Crippen LogP contribution in [0.3, 0.4) is 0 Å². The quantitative estimate of drug-likeness (QED) is 0.518. The SMILES string of the molecule is Cc1cccn2c(NC(=O)c3ccc(S(=O)(=O)N(C)C)cc3)c(-c3ccccc3)nc12. The second-order valence-electron chi connectivity index (χ2n) is 7.33. The second-order valence-corrected chi connectivity index (χ2v) is 9.48. The van der Waals surface area contributed by atoms with Crippen LogP contribution in [0.25, 0.3) is 16.9 Å². The van der Waals surface area contributed by atoms with Gasteiger partial charge < -0.3 is 5.32 Å². The molecule has 1 amide bonds. The maximum Gasteiger partial charge on any atom is 0.256 e. The number of pyridine rings is 1. The number of nitrogens with one attached hydrogen (secondary N) is 1. The minimum atomic E-state index is -3.56. The van der Waals surface area contributed by atoms with Gasteiger partial charge in [0.15, 0.2) is 0 Å². The van der Waals surface area contributed by atoms with Crippen molar-refractivity contribution in [3.8, 4) is 11.3 Å². The van der Waals surface area contributed by atoms with Crippen LogP contribution in [-0.2, 0) is 10.0 Å². The number of nitrogens with zero attached hydrogens (tertiary/aromatic N) is 3. The zero-order chi connectivity index (χ0) is 22.2. The highest BCUT2D eigenvalue weighted by atomic mass is 32.2. The number of carbonyl (C=O) groups excluding carboxylic acids is 1. The van der Waals surface area contributed by atoms with Gasteiger partial charge in [-0.2, -0.15) is 0 Å². The van der Waals surface area contributed by atoms with Gasteiger partial charge in [-0.05, 0) is 42.8 Å². The molecule has 0 atom stereocenters. The van der Waals surface area contributed by atoms with E-state index < -0.39 is 10.0 Å². The summed E-state index contributed by atoms with van der Waals surface area (Å²) in [6, 6.07) is 19.4. The third kappa shape index (κ3) is 3.83. The van der Waals surface area contributed by atoms with Gasteiger partial charge in [-0.3, -0.25) is 9.20 Å².